The summed E-state index contributed by atoms with van der Waals surface area (Å²) < 4.78 is 62.2. The smallest absolute Gasteiger partial charge is 0.449 e. The molecule has 37 heavy (non-hydrogen) atoms. The van der Waals surface area contributed by atoms with Crippen LogP contribution in [-0.2, 0) is 17.5 Å². The molecule has 0 bridgehead atoms. The van der Waals surface area contributed by atoms with Gasteiger partial charge in [-0.2, -0.15) is 18.2 Å². The number of rotatable bonds is 5. The van der Waals surface area contributed by atoms with Crippen LogP contribution in [-0.4, -0.2) is 43.2 Å². The molecule has 1 aliphatic rings. The number of amides is 1. The number of benzene rings is 2. The molecule has 5 rings (SSSR count). The fraction of sp³-hybridized carbons (Fsp3) is 0.217. The van der Waals surface area contributed by atoms with Gasteiger partial charge in [0.1, 0.15) is 11.4 Å². The second-order valence-electron chi connectivity index (χ2n) is 8.19. The lowest BCUT2D eigenvalue weighted by atomic mass is 10.1. The minimum Gasteiger partial charge on any atom is -0.479 e. The molecule has 1 atom stereocenters. The van der Waals surface area contributed by atoms with Gasteiger partial charge in [-0.3, -0.25) is 4.79 Å². The number of nitrogen functional groups attached to an aromatic ring is 1. The van der Waals surface area contributed by atoms with E-state index in [0.29, 0.717) is 17.1 Å². The third-order valence-electron chi connectivity index (χ3n) is 5.64. The van der Waals surface area contributed by atoms with Gasteiger partial charge in [-0.25, -0.2) is 14.4 Å². The number of anilines is 4. The number of nitrogens with one attached hydrogen (secondary N) is 2. The molecule has 1 amide bonds. The van der Waals surface area contributed by atoms with E-state index in [2.05, 4.69) is 25.6 Å². The molecule has 3 heterocycles. The van der Waals surface area contributed by atoms with E-state index in [9.17, 15) is 23.1 Å². The molecular weight excluding hydrogens is 498 g/mol. The van der Waals surface area contributed by atoms with E-state index >= 15 is 4.39 Å². The molecule has 0 unspecified atom stereocenters. The molecule has 2 aromatic carbocycles. The number of fused-ring (bicyclic) bond motifs is 2. The van der Waals surface area contributed by atoms with Crippen molar-refractivity contribution in [3.63, 3.8) is 0 Å². The van der Waals surface area contributed by atoms with Crippen molar-refractivity contribution in [1.82, 2.24) is 19.5 Å². The van der Waals surface area contributed by atoms with Crippen LogP contribution in [0.3, 0.4) is 0 Å². The van der Waals surface area contributed by atoms with Crippen LogP contribution in [0.2, 0.25) is 0 Å². The van der Waals surface area contributed by atoms with Crippen LogP contribution in [0.5, 0.6) is 5.75 Å². The Morgan fingerprint density at radius 2 is 1.97 bits per heavy atom. The van der Waals surface area contributed by atoms with Crippen molar-refractivity contribution in [2.75, 3.05) is 23.0 Å². The number of aromatic nitrogens is 4. The monoisotopic (exact) mass is 517 g/mol. The average Bonchev–Trinajstić information content (AvgIpc) is 3.20. The van der Waals surface area contributed by atoms with E-state index in [1.54, 1.807) is 19.1 Å². The van der Waals surface area contributed by atoms with Crippen LogP contribution in [0.4, 0.5) is 40.7 Å². The molecule has 0 aliphatic carbocycles. The van der Waals surface area contributed by atoms with Crippen LogP contribution >= 0.6 is 0 Å². The third-order valence-corrected chi connectivity index (χ3v) is 5.64. The summed E-state index contributed by atoms with van der Waals surface area (Å²) in [6, 6.07) is 8.65. The first-order valence-electron chi connectivity index (χ1n) is 11.0. The number of nitrogens with two attached hydrogens (primary N) is 1. The topological polar surface area (TPSA) is 140 Å². The first kappa shape index (κ1) is 24.2. The van der Waals surface area contributed by atoms with E-state index in [1.807, 2.05) is 0 Å². The highest BCUT2D eigenvalue weighted by Gasteiger charge is 2.37. The maximum absolute atomic E-state index is 15.5. The van der Waals surface area contributed by atoms with Crippen LogP contribution in [0, 0.1) is 5.82 Å². The van der Waals surface area contributed by atoms with Crippen molar-refractivity contribution >= 4 is 40.1 Å². The number of alkyl halides is 3. The summed E-state index contributed by atoms with van der Waals surface area (Å²) in [7, 11) is 0. The molecule has 0 radical (unpaired) electrons. The molecule has 2 aromatic heterocycles. The van der Waals surface area contributed by atoms with Gasteiger partial charge in [-0.1, -0.05) is 6.07 Å². The Labute approximate surface area is 206 Å². The fourth-order valence-electron chi connectivity index (χ4n) is 3.98. The highest BCUT2D eigenvalue weighted by Crippen LogP contribution is 2.36. The largest absolute Gasteiger partial charge is 0.479 e. The number of hydrogen-bond acceptors (Lipinski definition) is 8. The molecule has 0 saturated heterocycles. The standard InChI is InChI=1S/C23H19F4N7O3/c1-10-20(36)30-14-9-12(3-5-16(14)37-10)29-19-17(24)18(32-22(28)33-19)11-2-4-15-13(8-11)31-21(23(25,26)27)34(15)6-7-35/h2-5,8-10,35H,6-7H2,1H3,(H,30,36)(H3,28,29,32,33)/t10-/m0/s1. The zero-order chi connectivity index (χ0) is 26.5. The van der Waals surface area contributed by atoms with Gasteiger partial charge in [0.15, 0.2) is 17.7 Å². The molecule has 0 saturated carbocycles. The molecule has 192 valence electrons. The zero-order valence-electron chi connectivity index (χ0n) is 19.1. The van der Waals surface area contributed by atoms with Crippen molar-refractivity contribution in [2.45, 2.75) is 25.7 Å². The molecule has 10 nitrogen and oxygen atoms in total. The summed E-state index contributed by atoms with van der Waals surface area (Å²) in [6.07, 6.45) is -5.42. The van der Waals surface area contributed by atoms with Gasteiger partial charge < -0.3 is 30.8 Å². The molecule has 0 spiro atoms. The van der Waals surface area contributed by atoms with Gasteiger partial charge in [-0.05, 0) is 37.3 Å². The first-order chi connectivity index (χ1) is 17.5. The summed E-state index contributed by atoms with van der Waals surface area (Å²) in [5.74, 6) is -2.57. The van der Waals surface area contributed by atoms with Gasteiger partial charge in [0.2, 0.25) is 11.8 Å². The summed E-state index contributed by atoms with van der Waals surface area (Å²) in [4.78, 5) is 23.4. The maximum atomic E-state index is 15.5. The maximum Gasteiger partial charge on any atom is 0.449 e. The third kappa shape index (κ3) is 4.46. The number of halogens is 4. The summed E-state index contributed by atoms with van der Waals surface area (Å²) in [5, 5.41) is 14.7. The number of carbonyl (C=O) groups excluding carboxylic acids is 1. The molecular formula is C23H19F4N7O3. The molecule has 5 N–H and O–H groups in total. The highest BCUT2D eigenvalue weighted by atomic mass is 19.4. The minimum atomic E-state index is -4.76. The second kappa shape index (κ2) is 8.89. The highest BCUT2D eigenvalue weighted by molar-refractivity contribution is 5.98. The summed E-state index contributed by atoms with van der Waals surface area (Å²) >= 11 is 0. The molecule has 1 aliphatic heterocycles. The van der Waals surface area contributed by atoms with Gasteiger partial charge in [0.25, 0.3) is 5.91 Å². The lowest BCUT2D eigenvalue weighted by Crippen LogP contribution is -2.34. The van der Waals surface area contributed by atoms with Crippen LogP contribution in [0.25, 0.3) is 22.3 Å². The molecule has 14 heteroatoms. The van der Waals surface area contributed by atoms with Gasteiger partial charge in [-0.15, -0.1) is 0 Å². The van der Waals surface area contributed by atoms with Crippen molar-refractivity contribution < 1.29 is 32.2 Å². The zero-order valence-corrected chi connectivity index (χ0v) is 19.1. The van der Waals surface area contributed by atoms with E-state index in [4.69, 9.17) is 10.5 Å². The second-order valence-corrected chi connectivity index (χ2v) is 8.19. The van der Waals surface area contributed by atoms with Gasteiger partial charge >= 0.3 is 6.18 Å². The SMILES string of the molecule is C[C@@H]1Oc2ccc(Nc3nc(N)nc(-c4ccc5c(c4)nc(C(F)(F)F)n5CCO)c3F)cc2NC1=O. The molecule has 4 aromatic rings. The van der Waals surface area contributed by atoms with Crippen molar-refractivity contribution in [3.05, 3.63) is 48.0 Å². The normalized spacial score (nSPS) is 15.3. The Bertz CT molecular complexity index is 1540. The van der Waals surface area contributed by atoms with Crippen molar-refractivity contribution in [3.8, 4) is 17.0 Å². The number of aliphatic hydroxyl groups excluding tert-OH is 1. The Kier molecular flexibility index (Phi) is 5.82. The fourth-order valence-corrected chi connectivity index (χ4v) is 3.98. The van der Waals surface area contributed by atoms with Crippen LogP contribution < -0.4 is 21.1 Å². The van der Waals surface area contributed by atoms with E-state index in [0.717, 1.165) is 4.57 Å². The first-order valence-corrected chi connectivity index (χ1v) is 11.0. The lowest BCUT2D eigenvalue weighted by Gasteiger charge is -2.23. The lowest BCUT2D eigenvalue weighted by molar-refractivity contribution is -0.147. The number of ether oxygens (including phenoxy) is 1. The number of aliphatic hydroxyl groups is 1. The van der Waals surface area contributed by atoms with Gasteiger partial charge in [0.05, 0.1) is 23.3 Å². The summed E-state index contributed by atoms with van der Waals surface area (Å²) in [5.41, 5.74) is 6.43. The average molecular weight is 517 g/mol. The van der Waals surface area contributed by atoms with Crippen LogP contribution in [0.15, 0.2) is 36.4 Å². The van der Waals surface area contributed by atoms with E-state index < -0.39 is 30.5 Å². The van der Waals surface area contributed by atoms with E-state index in [-0.39, 0.29) is 46.5 Å². The van der Waals surface area contributed by atoms with Crippen molar-refractivity contribution in [2.24, 2.45) is 0 Å². The number of nitrogens with zero attached hydrogens (tertiary/aromatic N) is 4. The Morgan fingerprint density at radius 1 is 1.19 bits per heavy atom. The van der Waals surface area contributed by atoms with Crippen molar-refractivity contribution in [1.29, 1.82) is 0 Å². The predicted molar refractivity (Wildman–Crippen MR) is 126 cm³/mol. The predicted octanol–water partition coefficient (Wildman–Crippen LogP) is 3.69. The quantitative estimate of drug-likeness (QED) is 0.294. The van der Waals surface area contributed by atoms with Gasteiger partial charge in [0, 0.05) is 17.8 Å². The Morgan fingerprint density at radius 3 is 2.70 bits per heavy atom. The van der Waals surface area contributed by atoms with E-state index in [1.165, 1.54) is 24.3 Å². The minimum absolute atomic E-state index is 0.0657. The number of carbonyl (C=O) groups is 1. The Hall–Kier alpha value is -4.46. The number of imidazole rings is 1. The number of hydrogen-bond donors (Lipinski definition) is 4. The van der Waals surface area contributed by atoms with Crippen LogP contribution in [0.1, 0.15) is 12.7 Å². The Balaban J connectivity index is 1.52. The summed E-state index contributed by atoms with van der Waals surface area (Å²) in [6.45, 7) is 0.752. The molecule has 0 fully saturated rings.